The molecule has 3 unspecified atom stereocenters. The Morgan fingerprint density at radius 2 is 1.95 bits per heavy atom. The molecule has 0 bridgehead atoms. The van der Waals surface area contributed by atoms with Crippen molar-refractivity contribution in [2.75, 3.05) is 19.8 Å². The molecule has 2 heterocycles. The van der Waals surface area contributed by atoms with Crippen molar-refractivity contribution in [2.45, 2.75) is 76.4 Å². The van der Waals surface area contributed by atoms with Crippen LogP contribution >= 0.6 is 0 Å². The maximum atomic E-state index is 12.8. The zero-order valence-corrected chi connectivity index (χ0v) is 13.9. The standard InChI is InChI=1S/C18H31NO3/c1-18(21)9-3-2-5-15(18)16-6-4-10-19(16)17(20)13-14-7-11-22-12-8-14/h14-16,21H,2-13H2,1H3. The van der Waals surface area contributed by atoms with Gasteiger partial charge in [-0.15, -0.1) is 0 Å². The van der Waals surface area contributed by atoms with Gasteiger partial charge in [-0.2, -0.15) is 0 Å². The highest BCUT2D eigenvalue weighted by molar-refractivity contribution is 5.77. The van der Waals surface area contributed by atoms with E-state index in [-0.39, 0.29) is 12.0 Å². The second-order valence-electron chi connectivity index (χ2n) is 7.77. The fraction of sp³-hybridized carbons (Fsp3) is 0.944. The highest BCUT2D eigenvalue weighted by Gasteiger charge is 2.44. The van der Waals surface area contributed by atoms with Crippen LogP contribution in [0.1, 0.15) is 64.7 Å². The van der Waals surface area contributed by atoms with Crippen molar-refractivity contribution >= 4 is 5.91 Å². The Balaban J connectivity index is 1.63. The van der Waals surface area contributed by atoms with E-state index in [9.17, 15) is 9.90 Å². The van der Waals surface area contributed by atoms with E-state index >= 15 is 0 Å². The molecule has 3 aliphatic rings. The van der Waals surface area contributed by atoms with E-state index in [1.54, 1.807) is 0 Å². The summed E-state index contributed by atoms with van der Waals surface area (Å²) in [6.07, 6.45) is 9.14. The van der Waals surface area contributed by atoms with E-state index in [4.69, 9.17) is 4.74 Å². The molecule has 2 saturated heterocycles. The van der Waals surface area contributed by atoms with Crippen LogP contribution in [-0.4, -0.2) is 47.3 Å². The highest BCUT2D eigenvalue weighted by Crippen LogP contribution is 2.41. The van der Waals surface area contributed by atoms with Gasteiger partial charge in [0.1, 0.15) is 0 Å². The smallest absolute Gasteiger partial charge is 0.223 e. The quantitative estimate of drug-likeness (QED) is 0.872. The van der Waals surface area contributed by atoms with E-state index in [1.807, 2.05) is 6.92 Å². The molecular weight excluding hydrogens is 278 g/mol. The molecule has 3 fully saturated rings. The first-order valence-electron chi connectivity index (χ1n) is 9.17. The van der Waals surface area contributed by atoms with Gasteiger partial charge in [0.05, 0.1) is 5.60 Å². The number of amides is 1. The normalized spacial score (nSPS) is 37.5. The van der Waals surface area contributed by atoms with Gasteiger partial charge in [-0.25, -0.2) is 0 Å². The molecule has 3 atom stereocenters. The van der Waals surface area contributed by atoms with Crippen LogP contribution in [0.3, 0.4) is 0 Å². The minimum atomic E-state index is -0.593. The number of hydrogen-bond donors (Lipinski definition) is 1. The van der Waals surface area contributed by atoms with Gasteiger partial charge in [-0.05, 0) is 51.4 Å². The maximum absolute atomic E-state index is 12.8. The molecule has 1 N–H and O–H groups in total. The zero-order valence-electron chi connectivity index (χ0n) is 13.9. The number of rotatable bonds is 3. The van der Waals surface area contributed by atoms with Crippen LogP contribution in [0.4, 0.5) is 0 Å². The summed E-state index contributed by atoms with van der Waals surface area (Å²) in [6.45, 7) is 4.48. The van der Waals surface area contributed by atoms with E-state index < -0.39 is 5.60 Å². The van der Waals surface area contributed by atoms with Crippen LogP contribution in [0.5, 0.6) is 0 Å². The van der Waals surface area contributed by atoms with Gasteiger partial charge in [0.15, 0.2) is 0 Å². The summed E-state index contributed by atoms with van der Waals surface area (Å²) in [5, 5.41) is 10.8. The van der Waals surface area contributed by atoms with Crippen LogP contribution in [-0.2, 0) is 9.53 Å². The molecule has 0 spiro atoms. The topological polar surface area (TPSA) is 49.8 Å². The Kier molecular flexibility index (Phi) is 5.08. The summed E-state index contributed by atoms with van der Waals surface area (Å²) >= 11 is 0. The largest absolute Gasteiger partial charge is 0.390 e. The van der Waals surface area contributed by atoms with E-state index in [0.717, 1.165) is 64.7 Å². The molecule has 3 rings (SSSR count). The fourth-order valence-corrected chi connectivity index (χ4v) is 4.79. The minimum Gasteiger partial charge on any atom is -0.390 e. The van der Waals surface area contributed by atoms with Crippen LogP contribution < -0.4 is 0 Å². The Labute approximate surface area is 134 Å². The van der Waals surface area contributed by atoms with Crippen molar-refractivity contribution in [3.8, 4) is 0 Å². The molecule has 0 radical (unpaired) electrons. The van der Waals surface area contributed by atoms with Crippen LogP contribution in [0.15, 0.2) is 0 Å². The van der Waals surface area contributed by atoms with E-state index in [2.05, 4.69) is 4.90 Å². The lowest BCUT2D eigenvalue weighted by atomic mass is 9.72. The fourth-order valence-electron chi connectivity index (χ4n) is 4.79. The molecule has 4 heteroatoms. The number of hydrogen-bond acceptors (Lipinski definition) is 3. The number of carbonyl (C=O) groups excluding carboxylic acids is 1. The van der Waals surface area contributed by atoms with Crippen molar-refractivity contribution in [3.05, 3.63) is 0 Å². The van der Waals surface area contributed by atoms with Gasteiger partial charge < -0.3 is 14.7 Å². The lowest BCUT2D eigenvalue weighted by Gasteiger charge is -2.43. The second kappa shape index (κ2) is 6.88. The van der Waals surface area contributed by atoms with Crippen LogP contribution in [0.25, 0.3) is 0 Å². The number of aliphatic hydroxyl groups is 1. The molecule has 1 saturated carbocycles. The summed E-state index contributed by atoms with van der Waals surface area (Å²) in [5.41, 5.74) is -0.593. The molecule has 126 valence electrons. The Morgan fingerprint density at radius 3 is 2.68 bits per heavy atom. The summed E-state index contributed by atoms with van der Waals surface area (Å²) in [6, 6.07) is 0.266. The van der Waals surface area contributed by atoms with Crippen molar-refractivity contribution in [2.24, 2.45) is 11.8 Å². The third-order valence-corrected chi connectivity index (χ3v) is 6.14. The monoisotopic (exact) mass is 309 g/mol. The first kappa shape index (κ1) is 16.3. The summed E-state index contributed by atoms with van der Waals surface area (Å²) in [5.74, 6) is 1.08. The summed E-state index contributed by atoms with van der Waals surface area (Å²) in [4.78, 5) is 14.9. The third kappa shape index (κ3) is 3.48. The average molecular weight is 309 g/mol. The van der Waals surface area contributed by atoms with Crippen molar-refractivity contribution in [1.82, 2.24) is 4.90 Å². The van der Waals surface area contributed by atoms with Crippen molar-refractivity contribution in [1.29, 1.82) is 0 Å². The molecule has 2 aliphatic heterocycles. The van der Waals surface area contributed by atoms with Gasteiger partial charge in [0.2, 0.25) is 5.91 Å². The predicted octanol–water partition coefficient (Wildman–Crippen LogP) is 2.74. The van der Waals surface area contributed by atoms with Gasteiger partial charge in [0.25, 0.3) is 0 Å². The first-order chi connectivity index (χ1) is 10.6. The lowest BCUT2D eigenvalue weighted by molar-refractivity contribution is -0.138. The zero-order chi connectivity index (χ0) is 15.6. The number of likely N-dealkylation sites (tertiary alicyclic amines) is 1. The molecule has 22 heavy (non-hydrogen) atoms. The van der Waals surface area contributed by atoms with Crippen molar-refractivity contribution < 1.29 is 14.6 Å². The Hall–Kier alpha value is -0.610. The highest BCUT2D eigenvalue weighted by atomic mass is 16.5. The molecule has 1 aliphatic carbocycles. The molecule has 0 aromatic carbocycles. The maximum Gasteiger partial charge on any atom is 0.223 e. The van der Waals surface area contributed by atoms with Gasteiger partial charge >= 0.3 is 0 Å². The average Bonchev–Trinajstić information content (AvgIpc) is 2.97. The molecule has 0 aromatic heterocycles. The molecule has 1 amide bonds. The van der Waals surface area contributed by atoms with E-state index in [1.165, 1.54) is 6.42 Å². The second-order valence-corrected chi connectivity index (χ2v) is 7.77. The summed E-state index contributed by atoms with van der Waals surface area (Å²) < 4.78 is 5.39. The SMILES string of the molecule is CC1(O)CCCCC1C1CCCN1C(=O)CC1CCOCC1. The van der Waals surface area contributed by atoms with Gasteiger partial charge in [0, 0.05) is 38.1 Å². The first-order valence-corrected chi connectivity index (χ1v) is 9.17. The van der Waals surface area contributed by atoms with E-state index in [0.29, 0.717) is 18.2 Å². The number of nitrogens with zero attached hydrogens (tertiary/aromatic N) is 1. The lowest BCUT2D eigenvalue weighted by Crippen LogP contribution is -2.50. The molecule has 0 aromatic rings. The third-order valence-electron chi connectivity index (χ3n) is 6.14. The van der Waals surface area contributed by atoms with Crippen LogP contribution in [0.2, 0.25) is 0 Å². The van der Waals surface area contributed by atoms with Gasteiger partial charge in [-0.3, -0.25) is 4.79 Å². The molecular formula is C18H31NO3. The van der Waals surface area contributed by atoms with Gasteiger partial charge in [-0.1, -0.05) is 12.8 Å². The number of carbonyl (C=O) groups is 1. The summed E-state index contributed by atoms with van der Waals surface area (Å²) in [7, 11) is 0. The Morgan fingerprint density at radius 1 is 1.18 bits per heavy atom. The Bertz CT molecular complexity index is 390. The molecule has 4 nitrogen and oxygen atoms in total. The minimum absolute atomic E-state index is 0.266. The number of ether oxygens (including phenoxy) is 1. The van der Waals surface area contributed by atoms with Crippen LogP contribution in [0, 0.1) is 11.8 Å². The van der Waals surface area contributed by atoms with Crippen molar-refractivity contribution in [3.63, 3.8) is 0 Å². The predicted molar refractivity (Wildman–Crippen MR) is 85.5 cm³/mol.